The topological polar surface area (TPSA) is 32.3 Å². The Labute approximate surface area is 179 Å². The number of alkyl halides is 3. The Morgan fingerprint density at radius 2 is 1.83 bits per heavy atom. The molecule has 0 unspecified atom stereocenters. The van der Waals surface area contributed by atoms with Gasteiger partial charge in [-0.25, -0.2) is 0 Å². The van der Waals surface area contributed by atoms with Gasteiger partial charge in [-0.05, 0) is 56.5 Å². The number of nitrogens with one attached hydrogen (secondary N) is 1. The van der Waals surface area contributed by atoms with E-state index in [1.165, 1.54) is 12.1 Å². The van der Waals surface area contributed by atoms with Crippen LogP contribution in [-0.2, 0) is 12.7 Å². The number of anilines is 1. The minimum atomic E-state index is -4.60. The fraction of sp³-hybridized carbons (Fsp3) is 0.381. The Morgan fingerprint density at radius 3 is 2.38 bits per heavy atom. The molecular formula is C21H23Cl2F3N2O. The maximum atomic E-state index is 12.9. The summed E-state index contributed by atoms with van der Waals surface area (Å²) in [5.41, 5.74) is 0.901. The Morgan fingerprint density at radius 1 is 1.17 bits per heavy atom. The highest BCUT2D eigenvalue weighted by Crippen LogP contribution is 2.36. The summed E-state index contributed by atoms with van der Waals surface area (Å²) in [4.78, 5) is 14.7. The first-order valence-corrected chi connectivity index (χ1v) is 9.48. The normalized spacial score (nSPS) is 15.7. The van der Waals surface area contributed by atoms with Crippen molar-refractivity contribution >= 4 is 35.6 Å². The molecule has 0 atom stereocenters. The maximum Gasteiger partial charge on any atom is 0.417 e. The van der Waals surface area contributed by atoms with Crippen LogP contribution >= 0.6 is 24.0 Å². The average Bonchev–Trinajstić information content (AvgIpc) is 2.98. The molecule has 158 valence electrons. The lowest BCUT2D eigenvalue weighted by Crippen LogP contribution is -2.38. The number of halogens is 5. The van der Waals surface area contributed by atoms with E-state index in [2.05, 4.69) is 24.1 Å². The smallest absolute Gasteiger partial charge is 0.366 e. The zero-order valence-electron chi connectivity index (χ0n) is 16.1. The number of nitrogens with zero attached hydrogens (tertiary/aromatic N) is 1. The summed E-state index contributed by atoms with van der Waals surface area (Å²) in [6.07, 6.45) is -2.31. The summed E-state index contributed by atoms with van der Waals surface area (Å²) in [6.45, 7) is 5.64. The highest BCUT2D eigenvalue weighted by molar-refractivity contribution is 6.34. The van der Waals surface area contributed by atoms with Crippen LogP contribution in [0.25, 0.3) is 0 Å². The molecule has 2 aromatic rings. The van der Waals surface area contributed by atoms with Crippen LogP contribution in [0.15, 0.2) is 42.5 Å². The van der Waals surface area contributed by atoms with E-state index < -0.39 is 22.7 Å². The van der Waals surface area contributed by atoms with Crippen molar-refractivity contribution in [1.82, 2.24) is 5.32 Å². The summed E-state index contributed by atoms with van der Waals surface area (Å²) in [6, 6.07) is 11.2. The Hall–Kier alpha value is -1.92. The molecule has 0 bridgehead atoms. The molecule has 2 aromatic carbocycles. The van der Waals surface area contributed by atoms with E-state index >= 15 is 0 Å². The first-order valence-electron chi connectivity index (χ1n) is 9.10. The van der Waals surface area contributed by atoms with E-state index in [0.717, 1.165) is 36.7 Å². The van der Waals surface area contributed by atoms with Crippen molar-refractivity contribution in [1.29, 1.82) is 0 Å². The summed E-state index contributed by atoms with van der Waals surface area (Å²) in [5, 5.41) is 2.05. The van der Waals surface area contributed by atoms with Gasteiger partial charge in [0.05, 0.1) is 16.1 Å². The van der Waals surface area contributed by atoms with Gasteiger partial charge in [0.25, 0.3) is 5.91 Å². The van der Waals surface area contributed by atoms with E-state index in [0.29, 0.717) is 0 Å². The van der Waals surface area contributed by atoms with Gasteiger partial charge in [0, 0.05) is 24.3 Å². The summed E-state index contributed by atoms with van der Waals surface area (Å²) in [7, 11) is 0. The van der Waals surface area contributed by atoms with E-state index in [1.807, 2.05) is 24.3 Å². The van der Waals surface area contributed by atoms with Crippen LogP contribution in [0.4, 0.5) is 18.9 Å². The number of amides is 1. The first kappa shape index (κ1) is 23.4. The lowest BCUT2D eigenvalue weighted by Gasteiger charge is -2.33. The van der Waals surface area contributed by atoms with Gasteiger partial charge in [0.2, 0.25) is 0 Å². The van der Waals surface area contributed by atoms with Gasteiger partial charge in [-0.2, -0.15) is 13.2 Å². The molecule has 1 amide bonds. The van der Waals surface area contributed by atoms with Crippen LogP contribution in [0.1, 0.15) is 48.2 Å². The van der Waals surface area contributed by atoms with Crippen molar-refractivity contribution in [2.75, 3.05) is 11.4 Å². The lowest BCUT2D eigenvalue weighted by atomic mass is 10.0. The molecule has 29 heavy (non-hydrogen) atoms. The van der Waals surface area contributed by atoms with Crippen LogP contribution < -0.4 is 10.2 Å². The predicted molar refractivity (Wildman–Crippen MR) is 112 cm³/mol. The Bertz CT molecular complexity index is 867. The van der Waals surface area contributed by atoms with E-state index in [9.17, 15) is 18.0 Å². The number of carbonyl (C=O) groups is 1. The molecule has 1 heterocycles. The number of hydrogen-bond donors (Lipinski definition) is 1. The van der Waals surface area contributed by atoms with Crippen molar-refractivity contribution in [3.05, 3.63) is 64.2 Å². The zero-order valence-corrected chi connectivity index (χ0v) is 17.7. The van der Waals surface area contributed by atoms with Crippen LogP contribution in [0.5, 0.6) is 0 Å². The second-order valence-corrected chi connectivity index (χ2v) is 7.96. The molecule has 1 N–H and O–H groups in total. The lowest BCUT2D eigenvalue weighted by molar-refractivity contribution is -0.137. The highest BCUT2D eigenvalue weighted by atomic mass is 35.5. The molecule has 0 aromatic heterocycles. The standard InChI is InChI=1S/C21H22ClF3N2O.ClH/c1-20(2)11-4-12-27(20)15-9-7-14(8-10-15)13-26-19(28)16-5-3-6-17(18(16)22)21(23,24)25;/h3,5-10H,4,11-13H2,1-2H3,(H,26,28);1H. The molecule has 1 fully saturated rings. The monoisotopic (exact) mass is 446 g/mol. The van der Waals surface area contributed by atoms with Gasteiger partial charge in [0.1, 0.15) is 0 Å². The third kappa shape index (κ3) is 5.17. The largest absolute Gasteiger partial charge is 0.417 e. The molecule has 3 nitrogen and oxygen atoms in total. The SMILES string of the molecule is CC1(C)CCCN1c1ccc(CNC(=O)c2cccc(C(F)(F)F)c2Cl)cc1.Cl. The van der Waals surface area contributed by atoms with Gasteiger partial charge in [-0.15, -0.1) is 12.4 Å². The number of rotatable bonds is 4. The van der Waals surface area contributed by atoms with Gasteiger partial charge >= 0.3 is 6.18 Å². The second kappa shape index (κ2) is 8.84. The van der Waals surface area contributed by atoms with Crippen LogP contribution in [0.3, 0.4) is 0 Å². The fourth-order valence-corrected chi connectivity index (χ4v) is 3.90. The molecule has 0 radical (unpaired) electrons. The summed E-state index contributed by atoms with van der Waals surface area (Å²) < 4.78 is 38.8. The van der Waals surface area contributed by atoms with Crippen molar-refractivity contribution < 1.29 is 18.0 Å². The number of carbonyl (C=O) groups excluding carboxylic acids is 1. The molecule has 0 aliphatic carbocycles. The quantitative estimate of drug-likeness (QED) is 0.615. The van der Waals surface area contributed by atoms with Gasteiger partial charge in [-0.3, -0.25) is 4.79 Å². The highest BCUT2D eigenvalue weighted by Gasteiger charge is 2.34. The Balaban J connectivity index is 0.00000300. The third-order valence-corrected chi connectivity index (χ3v) is 5.56. The van der Waals surface area contributed by atoms with E-state index in [1.54, 1.807) is 0 Å². The van der Waals surface area contributed by atoms with Gasteiger partial charge < -0.3 is 10.2 Å². The number of benzene rings is 2. The molecule has 0 saturated carbocycles. The maximum absolute atomic E-state index is 12.9. The van der Waals surface area contributed by atoms with E-state index in [-0.39, 0.29) is 30.1 Å². The van der Waals surface area contributed by atoms with Crippen molar-refractivity contribution in [2.24, 2.45) is 0 Å². The van der Waals surface area contributed by atoms with Crippen molar-refractivity contribution in [3.8, 4) is 0 Å². The van der Waals surface area contributed by atoms with E-state index in [4.69, 9.17) is 11.6 Å². The number of hydrogen-bond acceptors (Lipinski definition) is 2. The molecule has 0 spiro atoms. The fourth-order valence-electron chi connectivity index (χ4n) is 3.58. The first-order chi connectivity index (χ1) is 13.1. The zero-order chi connectivity index (χ0) is 20.5. The van der Waals surface area contributed by atoms with Gasteiger partial charge in [0.15, 0.2) is 0 Å². The molecule has 3 rings (SSSR count). The van der Waals surface area contributed by atoms with Gasteiger partial charge in [-0.1, -0.05) is 29.8 Å². The third-order valence-electron chi connectivity index (χ3n) is 5.15. The molecule has 1 aliphatic heterocycles. The van der Waals surface area contributed by atoms with Crippen LogP contribution in [-0.4, -0.2) is 18.0 Å². The predicted octanol–water partition coefficient (Wildman–Crippen LogP) is 6.09. The minimum Gasteiger partial charge on any atom is -0.366 e. The molecule has 1 aliphatic rings. The molecular weight excluding hydrogens is 424 g/mol. The van der Waals surface area contributed by atoms with Crippen molar-refractivity contribution in [3.63, 3.8) is 0 Å². The average molecular weight is 447 g/mol. The molecule has 1 saturated heterocycles. The van der Waals surface area contributed by atoms with Crippen LogP contribution in [0, 0.1) is 0 Å². The molecule has 8 heteroatoms. The van der Waals surface area contributed by atoms with Crippen molar-refractivity contribution in [2.45, 2.75) is 44.9 Å². The van der Waals surface area contributed by atoms with Crippen LogP contribution in [0.2, 0.25) is 5.02 Å². The summed E-state index contributed by atoms with van der Waals surface area (Å²) >= 11 is 5.80. The second-order valence-electron chi connectivity index (χ2n) is 7.58. The Kier molecular flexibility index (Phi) is 7.12. The summed E-state index contributed by atoms with van der Waals surface area (Å²) in [5.74, 6) is -0.638. The minimum absolute atomic E-state index is 0.